The van der Waals surface area contributed by atoms with E-state index in [9.17, 15) is 9.59 Å². The Labute approximate surface area is 151 Å². The highest BCUT2D eigenvalue weighted by Crippen LogP contribution is 2.31. The van der Waals surface area contributed by atoms with Gasteiger partial charge in [0.2, 0.25) is 5.88 Å². The molecule has 2 aromatic rings. The second kappa shape index (κ2) is 7.53. The predicted octanol–water partition coefficient (Wildman–Crippen LogP) is 3.06. The van der Waals surface area contributed by atoms with Crippen LogP contribution in [0.5, 0.6) is 11.6 Å². The van der Waals surface area contributed by atoms with E-state index in [1.165, 1.54) is 0 Å². The molecule has 3 rings (SSSR count). The number of benzene rings is 1. The molecule has 0 unspecified atom stereocenters. The number of carbonyl (C=O) groups excluding carboxylic acids is 1. The molecule has 1 aromatic heterocycles. The molecule has 2 heterocycles. The van der Waals surface area contributed by atoms with Crippen LogP contribution in [0, 0.1) is 13.8 Å². The van der Waals surface area contributed by atoms with Crippen molar-refractivity contribution in [2.24, 2.45) is 0 Å². The van der Waals surface area contributed by atoms with Gasteiger partial charge in [-0.25, -0.2) is 9.78 Å². The number of ether oxygens (including phenoxy) is 2. The van der Waals surface area contributed by atoms with Gasteiger partial charge >= 0.3 is 5.97 Å². The Hall–Kier alpha value is -2.93. The van der Waals surface area contributed by atoms with E-state index in [2.05, 4.69) is 10.3 Å². The summed E-state index contributed by atoms with van der Waals surface area (Å²) in [6, 6.07) is 9.06. The van der Waals surface area contributed by atoms with Crippen molar-refractivity contribution in [1.29, 1.82) is 0 Å². The van der Waals surface area contributed by atoms with Crippen LogP contribution in [0.1, 0.15) is 24.0 Å². The molecule has 1 aromatic carbocycles. The number of hydrogen-bond donors (Lipinski definition) is 2. The van der Waals surface area contributed by atoms with Crippen molar-refractivity contribution in [3.63, 3.8) is 0 Å². The van der Waals surface area contributed by atoms with Crippen molar-refractivity contribution < 1.29 is 24.2 Å². The minimum atomic E-state index is -1.05. The number of carboxylic acids is 1. The van der Waals surface area contributed by atoms with Crippen LogP contribution in [0.15, 0.2) is 36.5 Å². The molecule has 0 saturated carbocycles. The number of aryl methyl sites for hydroxylation is 1. The summed E-state index contributed by atoms with van der Waals surface area (Å²) < 4.78 is 11.2. The number of nitrogens with zero attached hydrogens (tertiary/aromatic N) is 1. The number of aliphatic carboxylic acids is 1. The lowest BCUT2D eigenvalue weighted by Gasteiger charge is -2.15. The molecule has 0 spiro atoms. The summed E-state index contributed by atoms with van der Waals surface area (Å²) in [5, 5.41) is 11.7. The fourth-order valence-corrected chi connectivity index (χ4v) is 2.73. The Morgan fingerprint density at radius 1 is 1.19 bits per heavy atom. The molecule has 26 heavy (non-hydrogen) atoms. The normalized spacial score (nSPS) is 19.2. The van der Waals surface area contributed by atoms with Crippen molar-refractivity contribution in [2.75, 3.05) is 5.32 Å². The number of amides is 1. The van der Waals surface area contributed by atoms with Gasteiger partial charge in [0.15, 0.2) is 6.10 Å². The topological polar surface area (TPSA) is 97.8 Å². The van der Waals surface area contributed by atoms with Gasteiger partial charge in [-0.2, -0.15) is 0 Å². The van der Waals surface area contributed by atoms with E-state index in [1.54, 1.807) is 18.3 Å². The molecule has 1 amide bonds. The molecule has 2 atom stereocenters. The molecule has 1 fully saturated rings. The number of nitrogens with one attached hydrogen (secondary N) is 1. The quantitative estimate of drug-likeness (QED) is 0.854. The van der Waals surface area contributed by atoms with Crippen LogP contribution in [-0.2, 0) is 14.3 Å². The fraction of sp³-hybridized carbons (Fsp3) is 0.316. The average Bonchev–Trinajstić information content (AvgIpc) is 3.11. The Kier molecular flexibility index (Phi) is 5.18. The number of aromatic nitrogens is 1. The number of carbonyl (C=O) groups is 2. The largest absolute Gasteiger partial charge is 0.479 e. The van der Waals surface area contributed by atoms with Crippen molar-refractivity contribution in [2.45, 2.75) is 38.9 Å². The van der Waals surface area contributed by atoms with Crippen molar-refractivity contribution in [3.05, 3.63) is 47.7 Å². The highest BCUT2D eigenvalue weighted by Gasteiger charge is 2.35. The third kappa shape index (κ3) is 3.83. The van der Waals surface area contributed by atoms with Gasteiger partial charge in [0.1, 0.15) is 17.5 Å². The maximum Gasteiger partial charge on any atom is 0.332 e. The highest BCUT2D eigenvalue weighted by molar-refractivity contribution is 5.95. The van der Waals surface area contributed by atoms with Gasteiger partial charge in [0.05, 0.1) is 0 Å². The lowest BCUT2D eigenvalue weighted by molar-refractivity contribution is -0.150. The minimum absolute atomic E-state index is 0.266. The smallest absolute Gasteiger partial charge is 0.332 e. The Morgan fingerprint density at radius 2 is 1.96 bits per heavy atom. The number of pyridine rings is 1. The third-order valence-electron chi connectivity index (χ3n) is 4.38. The van der Waals surface area contributed by atoms with Gasteiger partial charge in [0, 0.05) is 6.20 Å². The summed E-state index contributed by atoms with van der Waals surface area (Å²) in [5.74, 6) is -0.544. The fourth-order valence-electron chi connectivity index (χ4n) is 2.73. The van der Waals surface area contributed by atoms with Gasteiger partial charge in [-0.1, -0.05) is 12.1 Å². The first kappa shape index (κ1) is 17.9. The molecule has 2 N–H and O–H groups in total. The van der Waals surface area contributed by atoms with Gasteiger partial charge in [0.25, 0.3) is 5.91 Å². The molecular weight excluding hydrogens is 336 g/mol. The summed E-state index contributed by atoms with van der Waals surface area (Å²) in [5.41, 5.74) is 2.47. The zero-order valence-electron chi connectivity index (χ0n) is 14.6. The van der Waals surface area contributed by atoms with Gasteiger partial charge < -0.3 is 19.9 Å². The molecular formula is C19H20N2O5. The molecule has 7 nitrogen and oxygen atoms in total. The monoisotopic (exact) mass is 356 g/mol. The van der Waals surface area contributed by atoms with E-state index in [1.807, 2.05) is 32.0 Å². The van der Waals surface area contributed by atoms with Gasteiger partial charge in [-0.15, -0.1) is 0 Å². The van der Waals surface area contributed by atoms with Gasteiger partial charge in [-0.3, -0.25) is 4.79 Å². The second-order valence-corrected chi connectivity index (χ2v) is 6.17. The third-order valence-corrected chi connectivity index (χ3v) is 4.38. The number of carboxylic acid groups (broad SMARTS) is 1. The van der Waals surface area contributed by atoms with E-state index < -0.39 is 24.1 Å². The standard InChI is InChI=1S/C19H20N2O5/c1-11-5-3-7-14(12(11)2)26-18-13(6-4-10-20-18)21-17(22)15-8-9-16(25-15)19(23)24/h3-7,10,15-16H,8-9H2,1-2H3,(H,21,22)(H,23,24)/t15-,16+/m0/s1. The maximum absolute atomic E-state index is 12.4. The van der Waals surface area contributed by atoms with Gasteiger partial charge in [-0.05, 0) is 56.0 Å². The Bertz CT molecular complexity index is 836. The van der Waals surface area contributed by atoms with Crippen molar-refractivity contribution in [1.82, 2.24) is 4.98 Å². The van der Waals surface area contributed by atoms with E-state index in [4.69, 9.17) is 14.6 Å². The zero-order valence-corrected chi connectivity index (χ0v) is 14.6. The molecule has 7 heteroatoms. The molecule has 0 aliphatic carbocycles. The summed E-state index contributed by atoms with van der Waals surface area (Å²) in [7, 11) is 0. The molecule has 0 radical (unpaired) electrons. The SMILES string of the molecule is Cc1cccc(Oc2ncccc2NC(=O)[C@@H]2CC[C@H](C(=O)O)O2)c1C. The number of hydrogen-bond acceptors (Lipinski definition) is 5. The lowest BCUT2D eigenvalue weighted by atomic mass is 10.1. The molecule has 136 valence electrons. The van der Waals surface area contributed by atoms with Crippen LogP contribution in [0.4, 0.5) is 5.69 Å². The van der Waals surface area contributed by atoms with E-state index in [0.717, 1.165) is 11.1 Å². The van der Waals surface area contributed by atoms with E-state index in [0.29, 0.717) is 24.3 Å². The summed E-state index contributed by atoms with van der Waals surface area (Å²) >= 11 is 0. The lowest BCUT2D eigenvalue weighted by Crippen LogP contribution is -2.30. The average molecular weight is 356 g/mol. The van der Waals surface area contributed by atoms with Crippen LogP contribution in [0.25, 0.3) is 0 Å². The second-order valence-electron chi connectivity index (χ2n) is 6.17. The molecule has 1 saturated heterocycles. The highest BCUT2D eigenvalue weighted by atomic mass is 16.5. The Balaban J connectivity index is 1.74. The van der Waals surface area contributed by atoms with Crippen molar-refractivity contribution >= 4 is 17.6 Å². The minimum Gasteiger partial charge on any atom is -0.479 e. The van der Waals surface area contributed by atoms with Crippen LogP contribution in [0.3, 0.4) is 0 Å². The van der Waals surface area contributed by atoms with Crippen LogP contribution in [0.2, 0.25) is 0 Å². The summed E-state index contributed by atoms with van der Waals surface area (Å²) in [6.07, 6.45) is 0.501. The number of anilines is 1. The Morgan fingerprint density at radius 3 is 2.69 bits per heavy atom. The van der Waals surface area contributed by atoms with Crippen LogP contribution in [-0.4, -0.2) is 34.2 Å². The van der Waals surface area contributed by atoms with Crippen LogP contribution < -0.4 is 10.1 Å². The predicted molar refractivity (Wildman–Crippen MR) is 94.4 cm³/mol. The molecule has 0 bridgehead atoms. The van der Waals surface area contributed by atoms with Crippen molar-refractivity contribution in [3.8, 4) is 11.6 Å². The molecule has 1 aliphatic heterocycles. The first-order chi connectivity index (χ1) is 12.5. The van der Waals surface area contributed by atoms with Crippen LogP contribution >= 0.6 is 0 Å². The molecule has 1 aliphatic rings. The van der Waals surface area contributed by atoms with E-state index >= 15 is 0 Å². The first-order valence-electron chi connectivity index (χ1n) is 8.34. The summed E-state index contributed by atoms with van der Waals surface area (Å²) in [4.78, 5) is 27.5. The zero-order chi connectivity index (χ0) is 18.7. The summed E-state index contributed by atoms with van der Waals surface area (Å²) in [6.45, 7) is 3.93. The first-order valence-corrected chi connectivity index (χ1v) is 8.34. The van der Waals surface area contributed by atoms with E-state index in [-0.39, 0.29) is 5.88 Å². The number of rotatable bonds is 5. The maximum atomic E-state index is 12.4.